The third-order valence-electron chi connectivity index (χ3n) is 2.25. The summed E-state index contributed by atoms with van der Waals surface area (Å²) in [7, 11) is 1.31. The Labute approximate surface area is 87.8 Å². The van der Waals surface area contributed by atoms with Crippen LogP contribution in [0.2, 0.25) is 0 Å². The van der Waals surface area contributed by atoms with Crippen molar-refractivity contribution in [3.05, 3.63) is 23.2 Å². The zero-order valence-corrected chi connectivity index (χ0v) is 8.82. The molecule has 0 amide bonds. The minimum Gasteiger partial charge on any atom is -0.465 e. The first-order valence-corrected chi connectivity index (χ1v) is 4.63. The SMILES string of the molecule is COC(=O)c1cc(C(CN)CO)oc1C. The molecule has 1 heterocycles. The van der Waals surface area contributed by atoms with Gasteiger partial charge < -0.3 is 20.0 Å². The number of methoxy groups -OCH3 is 1. The Morgan fingerprint density at radius 3 is 2.87 bits per heavy atom. The molecule has 0 aromatic carbocycles. The van der Waals surface area contributed by atoms with E-state index >= 15 is 0 Å². The van der Waals surface area contributed by atoms with Gasteiger partial charge in [-0.3, -0.25) is 0 Å². The van der Waals surface area contributed by atoms with Crippen LogP contribution in [-0.2, 0) is 4.74 Å². The molecular formula is C10H15NO4. The summed E-state index contributed by atoms with van der Waals surface area (Å²) in [5, 5.41) is 9.02. The molecule has 1 aromatic rings. The fourth-order valence-corrected chi connectivity index (χ4v) is 1.30. The summed E-state index contributed by atoms with van der Waals surface area (Å²) in [6.45, 7) is 1.83. The van der Waals surface area contributed by atoms with Gasteiger partial charge in [0.2, 0.25) is 0 Å². The molecule has 0 radical (unpaired) electrons. The molecule has 0 saturated carbocycles. The highest BCUT2D eigenvalue weighted by molar-refractivity contribution is 5.90. The first kappa shape index (κ1) is 11.7. The van der Waals surface area contributed by atoms with Crippen molar-refractivity contribution >= 4 is 5.97 Å². The lowest BCUT2D eigenvalue weighted by atomic mass is 10.1. The van der Waals surface area contributed by atoms with Crippen molar-refractivity contribution in [3.63, 3.8) is 0 Å². The van der Waals surface area contributed by atoms with Crippen molar-refractivity contribution in [1.82, 2.24) is 0 Å². The van der Waals surface area contributed by atoms with Gasteiger partial charge in [-0.2, -0.15) is 0 Å². The van der Waals surface area contributed by atoms with Gasteiger partial charge in [-0.15, -0.1) is 0 Å². The van der Waals surface area contributed by atoms with Crippen LogP contribution in [0.4, 0.5) is 0 Å². The van der Waals surface area contributed by atoms with Crippen LogP contribution in [0.25, 0.3) is 0 Å². The fourth-order valence-electron chi connectivity index (χ4n) is 1.30. The first-order valence-electron chi connectivity index (χ1n) is 4.63. The third-order valence-corrected chi connectivity index (χ3v) is 2.25. The highest BCUT2D eigenvalue weighted by atomic mass is 16.5. The molecule has 15 heavy (non-hydrogen) atoms. The second-order valence-electron chi connectivity index (χ2n) is 3.23. The van der Waals surface area contributed by atoms with E-state index in [0.29, 0.717) is 17.1 Å². The molecule has 0 spiro atoms. The molecule has 0 aliphatic rings. The molecule has 0 saturated heterocycles. The van der Waals surface area contributed by atoms with Gasteiger partial charge in [0.05, 0.1) is 19.6 Å². The molecule has 0 fully saturated rings. The number of carbonyl (C=O) groups excluding carboxylic acids is 1. The highest BCUT2D eigenvalue weighted by Crippen LogP contribution is 2.22. The fraction of sp³-hybridized carbons (Fsp3) is 0.500. The van der Waals surface area contributed by atoms with E-state index in [4.69, 9.17) is 15.3 Å². The Hall–Kier alpha value is -1.33. The quantitative estimate of drug-likeness (QED) is 0.707. The molecule has 0 aliphatic carbocycles. The number of rotatable bonds is 4. The maximum Gasteiger partial charge on any atom is 0.341 e. The number of nitrogens with two attached hydrogens (primary N) is 1. The van der Waals surface area contributed by atoms with Gasteiger partial charge in [-0.25, -0.2) is 4.79 Å². The van der Waals surface area contributed by atoms with E-state index in [1.54, 1.807) is 13.0 Å². The summed E-state index contributed by atoms with van der Waals surface area (Å²) in [5.41, 5.74) is 5.82. The van der Waals surface area contributed by atoms with E-state index in [9.17, 15) is 4.79 Å². The molecule has 0 aliphatic heterocycles. The van der Waals surface area contributed by atoms with Gasteiger partial charge in [0.25, 0.3) is 0 Å². The second-order valence-corrected chi connectivity index (χ2v) is 3.23. The molecule has 1 aromatic heterocycles. The second kappa shape index (κ2) is 4.95. The first-order chi connectivity index (χ1) is 7.13. The van der Waals surface area contributed by atoms with E-state index in [1.165, 1.54) is 7.11 Å². The summed E-state index contributed by atoms with van der Waals surface area (Å²) >= 11 is 0. The molecular weight excluding hydrogens is 198 g/mol. The normalized spacial score (nSPS) is 12.5. The zero-order chi connectivity index (χ0) is 11.4. The summed E-state index contributed by atoms with van der Waals surface area (Å²) < 4.78 is 9.93. The van der Waals surface area contributed by atoms with Gasteiger partial charge in [0.1, 0.15) is 17.1 Å². The van der Waals surface area contributed by atoms with Crippen molar-refractivity contribution in [2.45, 2.75) is 12.8 Å². The van der Waals surface area contributed by atoms with Gasteiger partial charge >= 0.3 is 5.97 Å². The number of aryl methyl sites for hydroxylation is 1. The van der Waals surface area contributed by atoms with Gasteiger partial charge in [-0.1, -0.05) is 0 Å². The van der Waals surface area contributed by atoms with Crippen molar-refractivity contribution in [2.75, 3.05) is 20.3 Å². The lowest BCUT2D eigenvalue weighted by molar-refractivity contribution is 0.0599. The summed E-state index contributed by atoms with van der Waals surface area (Å²) in [6.07, 6.45) is 0. The third kappa shape index (κ3) is 2.37. The maximum atomic E-state index is 11.3. The molecule has 5 heteroatoms. The van der Waals surface area contributed by atoms with Crippen molar-refractivity contribution < 1.29 is 19.1 Å². The van der Waals surface area contributed by atoms with Crippen LogP contribution >= 0.6 is 0 Å². The smallest absolute Gasteiger partial charge is 0.341 e. The molecule has 84 valence electrons. The Bertz CT molecular complexity index is 341. The van der Waals surface area contributed by atoms with Crippen LogP contribution in [0.3, 0.4) is 0 Å². The Morgan fingerprint density at radius 2 is 2.40 bits per heavy atom. The van der Waals surface area contributed by atoms with E-state index in [1.807, 2.05) is 0 Å². The number of esters is 1. The predicted molar refractivity (Wildman–Crippen MR) is 53.7 cm³/mol. The lowest BCUT2D eigenvalue weighted by Crippen LogP contribution is -2.15. The molecule has 1 unspecified atom stereocenters. The number of hydrogen-bond donors (Lipinski definition) is 2. The summed E-state index contributed by atoms with van der Waals surface area (Å²) in [4.78, 5) is 11.3. The number of aliphatic hydroxyl groups excluding tert-OH is 1. The molecule has 5 nitrogen and oxygen atoms in total. The average molecular weight is 213 g/mol. The average Bonchev–Trinajstić information content (AvgIpc) is 2.61. The van der Waals surface area contributed by atoms with E-state index in [0.717, 1.165) is 0 Å². The van der Waals surface area contributed by atoms with Crippen molar-refractivity contribution in [1.29, 1.82) is 0 Å². The predicted octanol–water partition coefficient (Wildman–Crippen LogP) is 0.409. The number of aliphatic hydroxyl groups is 1. The van der Waals surface area contributed by atoms with Crippen LogP contribution in [0.5, 0.6) is 0 Å². The largest absolute Gasteiger partial charge is 0.465 e. The molecule has 1 atom stereocenters. The maximum absolute atomic E-state index is 11.3. The zero-order valence-electron chi connectivity index (χ0n) is 8.82. The lowest BCUT2D eigenvalue weighted by Gasteiger charge is -2.06. The van der Waals surface area contributed by atoms with E-state index in [2.05, 4.69) is 4.74 Å². The molecule has 3 N–H and O–H groups in total. The number of furan rings is 1. The summed E-state index contributed by atoms with van der Waals surface area (Å²) in [6, 6.07) is 1.56. The van der Waals surface area contributed by atoms with Gasteiger partial charge in [0.15, 0.2) is 0 Å². The van der Waals surface area contributed by atoms with Crippen molar-refractivity contribution in [2.24, 2.45) is 5.73 Å². The standard InChI is InChI=1S/C10H15NO4/c1-6-8(10(13)14-2)3-9(15-6)7(4-11)5-12/h3,7,12H,4-5,11H2,1-2H3. The minimum absolute atomic E-state index is 0.107. The van der Waals surface area contributed by atoms with Crippen molar-refractivity contribution in [3.8, 4) is 0 Å². The number of ether oxygens (including phenoxy) is 1. The van der Waals surface area contributed by atoms with Crippen LogP contribution in [0.15, 0.2) is 10.5 Å². The van der Waals surface area contributed by atoms with Crippen LogP contribution in [0, 0.1) is 6.92 Å². The van der Waals surface area contributed by atoms with E-state index in [-0.39, 0.29) is 19.1 Å². The van der Waals surface area contributed by atoms with Gasteiger partial charge in [-0.05, 0) is 13.0 Å². The Morgan fingerprint density at radius 1 is 1.73 bits per heavy atom. The van der Waals surface area contributed by atoms with Crippen LogP contribution < -0.4 is 5.73 Å². The topological polar surface area (TPSA) is 85.7 Å². The van der Waals surface area contributed by atoms with Gasteiger partial charge in [0, 0.05) is 6.54 Å². The van der Waals surface area contributed by atoms with Crippen LogP contribution in [0.1, 0.15) is 27.8 Å². The number of carbonyl (C=O) groups is 1. The van der Waals surface area contributed by atoms with E-state index < -0.39 is 5.97 Å². The summed E-state index contributed by atoms with van der Waals surface area (Å²) in [5.74, 6) is 0.264. The highest BCUT2D eigenvalue weighted by Gasteiger charge is 2.19. The molecule has 0 bridgehead atoms. The number of hydrogen-bond acceptors (Lipinski definition) is 5. The van der Waals surface area contributed by atoms with Crippen LogP contribution in [-0.4, -0.2) is 31.3 Å². The Balaban J connectivity index is 2.99. The minimum atomic E-state index is -0.448. The Kier molecular flexibility index (Phi) is 3.88. The molecule has 1 rings (SSSR count). The monoisotopic (exact) mass is 213 g/mol.